The number of benzene rings is 1. The zero-order valence-corrected chi connectivity index (χ0v) is 12.8. The highest BCUT2D eigenvalue weighted by molar-refractivity contribution is 5.14. The molecule has 0 saturated heterocycles. The van der Waals surface area contributed by atoms with Crippen LogP contribution in [0, 0.1) is 11.8 Å². The highest BCUT2D eigenvalue weighted by atomic mass is 14.9. The van der Waals surface area contributed by atoms with Gasteiger partial charge in [-0.15, -0.1) is 0 Å². The molecule has 1 N–H and O–H groups in total. The van der Waals surface area contributed by atoms with Crippen molar-refractivity contribution in [2.75, 3.05) is 6.54 Å². The first-order valence-electron chi connectivity index (χ1n) is 7.83. The van der Waals surface area contributed by atoms with Crippen LogP contribution in [0.1, 0.15) is 52.0 Å². The third-order valence-electron chi connectivity index (χ3n) is 4.35. The van der Waals surface area contributed by atoms with Crippen LogP contribution in [-0.2, 0) is 6.42 Å². The van der Waals surface area contributed by atoms with E-state index in [4.69, 9.17) is 0 Å². The standard InChI is InChI=1S/C18H29N/c1-18(2,3)19-14-17-13-12-16(17)11-7-10-15-8-5-4-6-9-15/h4-6,8-9,16-17,19H,7,10-14H2,1-3H3. The van der Waals surface area contributed by atoms with Crippen LogP contribution >= 0.6 is 0 Å². The minimum atomic E-state index is 0.268. The van der Waals surface area contributed by atoms with E-state index >= 15 is 0 Å². The van der Waals surface area contributed by atoms with Crippen LogP contribution in [0.3, 0.4) is 0 Å². The van der Waals surface area contributed by atoms with Crippen molar-refractivity contribution in [3.63, 3.8) is 0 Å². The zero-order chi connectivity index (χ0) is 13.7. The minimum Gasteiger partial charge on any atom is -0.312 e. The first-order chi connectivity index (χ1) is 9.04. The quantitative estimate of drug-likeness (QED) is 0.797. The minimum absolute atomic E-state index is 0.268. The molecule has 0 radical (unpaired) electrons. The summed E-state index contributed by atoms with van der Waals surface area (Å²) < 4.78 is 0. The van der Waals surface area contributed by atoms with E-state index in [1.54, 1.807) is 0 Å². The van der Waals surface area contributed by atoms with E-state index in [0.717, 1.165) is 11.8 Å². The van der Waals surface area contributed by atoms with Gasteiger partial charge in [0.25, 0.3) is 0 Å². The topological polar surface area (TPSA) is 12.0 Å². The first-order valence-corrected chi connectivity index (χ1v) is 7.83. The second-order valence-electron chi connectivity index (χ2n) is 7.11. The molecule has 2 atom stereocenters. The molecule has 1 saturated carbocycles. The SMILES string of the molecule is CC(C)(C)NCC1CCC1CCCc1ccccc1. The number of hydrogen-bond donors (Lipinski definition) is 1. The fourth-order valence-electron chi connectivity index (χ4n) is 2.94. The Morgan fingerprint density at radius 3 is 2.32 bits per heavy atom. The summed E-state index contributed by atoms with van der Waals surface area (Å²) in [6.45, 7) is 7.99. The molecule has 1 aliphatic rings. The van der Waals surface area contributed by atoms with Gasteiger partial charge in [-0.1, -0.05) is 30.3 Å². The second kappa shape index (κ2) is 6.56. The summed E-state index contributed by atoms with van der Waals surface area (Å²) in [5.41, 5.74) is 1.76. The molecule has 1 aromatic rings. The van der Waals surface area contributed by atoms with Gasteiger partial charge in [-0.2, -0.15) is 0 Å². The molecule has 1 fully saturated rings. The summed E-state index contributed by atoms with van der Waals surface area (Å²) >= 11 is 0. The highest BCUT2D eigenvalue weighted by Crippen LogP contribution is 2.37. The van der Waals surface area contributed by atoms with Crippen molar-refractivity contribution in [3.8, 4) is 0 Å². The lowest BCUT2D eigenvalue weighted by atomic mass is 9.71. The van der Waals surface area contributed by atoms with Crippen LogP contribution < -0.4 is 5.32 Å². The molecule has 0 heterocycles. The molecule has 0 amide bonds. The Labute approximate surface area is 118 Å². The molecule has 19 heavy (non-hydrogen) atoms. The number of rotatable bonds is 6. The molecule has 1 aliphatic carbocycles. The van der Waals surface area contributed by atoms with E-state index in [9.17, 15) is 0 Å². The molecule has 2 rings (SSSR count). The molecule has 106 valence electrons. The predicted molar refractivity (Wildman–Crippen MR) is 83.3 cm³/mol. The van der Waals surface area contributed by atoms with Crippen molar-refractivity contribution in [3.05, 3.63) is 35.9 Å². The fourth-order valence-corrected chi connectivity index (χ4v) is 2.94. The van der Waals surface area contributed by atoms with Crippen LogP contribution in [0.25, 0.3) is 0 Å². The summed E-state index contributed by atoms with van der Waals surface area (Å²) in [6, 6.07) is 10.9. The number of hydrogen-bond acceptors (Lipinski definition) is 1. The van der Waals surface area contributed by atoms with E-state index in [0.29, 0.717) is 0 Å². The second-order valence-corrected chi connectivity index (χ2v) is 7.11. The van der Waals surface area contributed by atoms with Crippen LogP contribution in [0.15, 0.2) is 30.3 Å². The Morgan fingerprint density at radius 1 is 1.05 bits per heavy atom. The lowest BCUT2D eigenvalue weighted by molar-refractivity contribution is 0.147. The number of nitrogens with one attached hydrogen (secondary N) is 1. The maximum absolute atomic E-state index is 3.66. The molecule has 1 aromatic carbocycles. The van der Waals surface area contributed by atoms with Gasteiger partial charge >= 0.3 is 0 Å². The summed E-state index contributed by atoms with van der Waals surface area (Å²) in [6.07, 6.45) is 6.88. The third-order valence-corrected chi connectivity index (χ3v) is 4.35. The molecule has 0 bridgehead atoms. The molecule has 0 aliphatic heterocycles. The third kappa shape index (κ3) is 4.99. The predicted octanol–water partition coefficient (Wildman–Crippen LogP) is 4.42. The summed E-state index contributed by atoms with van der Waals surface area (Å²) in [4.78, 5) is 0. The summed E-state index contributed by atoms with van der Waals surface area (Å²) in [5, 5.41) is 3.66. The Morgan fingerprint density at radius 2 is 1.74 bits per heavy atom. The molecular weight excluding hydrogens is 230 g/mol. The van der Waals surface area contributed by atoms with Crippen LogP contribution in [0.5, 0.6) is 0 Å². The van der Waals surface area contributed by atoms with E-state index in [-0.39, 0.29) is 5.54 Å². The summed E-state index contributed by atoms with van der Waals surface area (Å²) in [7, 11) is 0. The number of aryl methyl sites for hydroxylation is 1. The first kappa shape index (κ1) is 14.6. The molecule has 1 heteroatoms. The van der Waals surface area contributed by atoms with E-state index < -0.39 is 0 Å². The Kier molecular flexibility index (Phi) is 5.04. The molecule has 0 spiro atoms. The van der Waals surface area contributed by atoms with Crippen molar-refractivity contribution < 1.29 is 0 Å². The normalized spacial score (nSPS) is 23.1. The maximum atomic E-state index is 3.66. The van der Waals surface area contributed by atoms with Crippen molar-refractivity contribution in [1.82, 2.24) is 5.32 Å². The van der Waals surface area contributed by atoms with Crippen molar-refractivity contribution in [2.45, 2.75) is 58.4 Å². The Hall–Kier alpha value is -0.820. The molecule has 1 nitrogen and oxygen atoms in total. The van der Waals surface area contributed by atoms with E-state index in [2.05, 4.69) is 56.4 Å². The smallest absolute Gasteiger partial charge is 0.00966 e. The monoisotopic (exact) mass is 259 g/mol. The van der Waals surface area contributed by atoms with Gasteiger partial charge in [0.15, 0.2) is 0 Å². The van der Waals surface area contributed by atoms with Crippen molar-refractivity contribution in [2.24, 2.45) is 11.8 Å². The molecule has 0 aromatic heterocycles. The Bertz CT molecular complexity index is 363. The van der Waals surface area contributed by atoms with E-state index in [1.165, 1.54) is 44.2 Å². The zero-order valence-electron chi connectivity index (χ0n) is 12.8. The van der Waals surface area contributed by atoms with Gasteiger partial charge in [0.1, 0.15) is 0 Å². The van der Waals surface area contributed by atoms with Gasteiger partial charge in [0.05, 0.1) is 0 Å². The van der Waals surface area contributed by atoms with Gasteiger partial charge in [0.2, 0.25) is 0 Å². The highest BCUT2D eigenvalue weighted by Gasteiger charge is 2.30. The average molecular weight is 259 g/mol. The van der Waals surface area contributed by atoms with Gasteiger partial charge in [-0.25, -0.2) is 0 Å². The van der Waals surface area contributed by atoms with Crippen molar-refractivity contribution >= 4 is 0 Å². The van der Waals surface area contributed by atoms with Gasteiger partial charge < -0.3 is 5.32 Å². The van der Waals surface area contributed by atoms with Crippen molar-refractivity contribution in [1.29, 1.82) is 0 Å². The maximum Gasteiger partial charge on any atom is 0.00966 e. The van der Waals surface area contributed by atoms with E-state index in [1.807, 2.05) is 0 Å². The molecular formula is C18H29N. The van der Waals surface area contributed by atoms with Crippen LogP contribution in [-0.4, -0.2) is 12.1 Å². The lowest BCUT2D eigenvalue weighted by Crippen LogP contribution is -2.43. The lowest BCUT2D eigenvalue weighted by Gasteiger charge is -2.39. The van der Waals surface area contributed by atoms with Crippen LogP contribution in [0.2, 0.25) is 0 Å². The van der Waals surface area contributed by atoms with Gasteiger partial charge in [0, 0.05) is 5.54 Å². The van der Waals surface area contributed by atoms with Crippen LogP contribution in [0.4, 0.5) is 0 Å². The summed E-state index contributed by atoms with van der Waals surface area (Å²) in [5.74, 6) is 1.90. The molecule has 2 unspecified atom stereocenters. The average Bonchev–Trinajstić information content (AvgIpc) is 2.33. The fraction of sp³-hybridized carbons (Fsp3) is 0.667. The largest absolute Gasteiger partial charge is 0.312 e. The van der Waals surface area contributed by atoms with Gasteiger partial charge in [-0.3, -0.25) is 0 Å². The van der Waals surface area contributed by atoms with Gasteiger partial charge in [-0.05, 0) is 76.8 Å². The Balaban J connectivity index is 1.64.